The van der Waals surface area contributed by atoms with Crippen LogP contribution >= 0.6 is 0 Å². The van der Waals surface area contributed by atoms with E-state index in [1.165, 1.54) is 32.1 Å². The Morgan fingerprint density at radius 2 is 1.02 bits per heavy atom. The molecule has 0 aliphatic heterocycles. The van der Waals surface area contributed by atoms with Gasteiger partial charge in [0.15, 0.2) is 6.10 Å². The van der Waals surface area contributed by atoms with Crippen molar-refractivity contribution in [2.75, 3.05) is 41.0 Å². The Bertz CT molecular complexity index is 1220. The normalized spacial score (nSPS) is 13.7. The first-order chi connectivity index (χ1) is 28.1. The standard InChI is InChI=1S/C50H83NO7/c1-6-8-10-12-14-16-18-20-22-23-24-25-27-29-31-33-35-37-39-41-49(53)58-46(44-56-43-42-47(50(54)55)51(3,4)5)45-57-48(52)40-38-36-34-32-30-28-26-21-19-17-15-13-11-9-7-2/h8,10,14-17,19-22,24-25,29,31,46-47H,6-7,9,11-13,18,23,26-28,30,32-45H2,1-5H3/b10-8+,16-14+,17-15+,21-19+,22-20+,25-24+,31-29+. The molecule has 0 fully saturated rings. The van der Waals surface area contributed by atoms with Gasteiger partial charge in [0.05, 0.1) is 40.3 Å². The topological polar surface area (TPSA) is 102 Å². The van der Waals surface area contributed by atoms with Crippen molar-refractivity contribution in [1.29, 1.82) is 0 Å². The van der Waals surface area contributed by atoms with Crippen molar-refractivity contribution in [3.8, 4) is 0 Å². The van der Waals surface area contributed by atoms with Gasteiger partial charge in [-0.2, -0.15) is 0 Å². The van der Waals surface area contributed by atoms with Crippen molar-refractivity contribution in [1.82, 2.24) is 0 Å². The van der Waals surface area contributed by atoms with Gasteiger partial charge in [0.2, 0.25) is 0 Å². The highest BCUT2D eigenvalue weighted by molar-refractivity contribution is 5.70. The summed E-state index contributed by atoms with van der Waals surface area (Å²) in [5.74, 6) is -1.80. The van der Waals surface area contributed by atoms with Crippen LogP contribution in [0, 0.1) is 0 Å². The van der Waals surface area contributed by atoms with Crippen molar-refractivity contribution < 1.29 is 38.2 Å². The fraction of sp³-hybridized carbons (Fsp3) is 0.660. The number of carbonyl (C=O) groups excluding carboxylic acids is 3. The summed E-state index contributed by atoms with van der Waals surface area (Å²) < 4.78 is 17.1. The number of likely N-dealkylation sites (N-methyl/N-ethyl adjacent to an activating group) is 1. The van der Waals surface area contributed by atoms with Crippen molar-refractivity contribution in [3.05, 3.63) is 85.1 Å². The Morgan fingerprint density at radius 3 is 1.55 bits per heavy atom. The van der Waals surface area contributed by atoms with Crippen LogP contribution in [0.3, 0.4) is 0 Å². The van der Waals surface area contributed by atoms with Gasteiger partial charge >= 0.3 is 11.9 Å². The SMILES string of the molecule is CC/C=C/C/C=C/C/C=C/C/C=C/C/C=C/CCCCCC(=O)OC(COCCC(C(=O)[O-])[N+](C)(C)C)COC(=O)CCCCCCCC/C=C/C=C/CCCCC. The number of aliphatic carboxylic acids is 1. The molecular formula is C50H83NO7. The highest BCUT2D eigenvalue weighted by atomic mass is 16.6. The molecular weight excluding hydrogens is 727 g/mol. The number of esters is 2. The van der Waals surface area contributed by atoms with Gasteiger partial charge in [-0.25, -0.2) is 0 Å². The van der Waals surface area contributed by atoms with Crippen LogP contribution in [0.15, 0.2) is 85.1 Å². The zero-order valence-corrected chi connectivity index (χ0v) is 37.4. The largest absolute Gasteiger partial charge is 0.544 e. The second-order valence-corrected chi connectivity index (χ2v) is 15.9. The maximum absolute atomic E-state index is 12.7. The van der Waals surface area contributed by atoms with Crippen molar-refractivity contribution in [2.24, 2.45) is 0 Å². The zero-order valence-electron chi connectivity index (χ0n) is 37.4. The van der Waals surface area contributed by atoms with Gasteiger partial charge in [-0.05, 0) is 83.5 Å². The second kappa shape index (κ2) is 40.3. The van der Waals surface area contributed by atoms with E-state index in [2.05, 4.69) is 98.9 Å². The molecule has 2 unspecified atom stereocenters. The van der Waals surface area contributed by atoms with Gasteiger partial charge in [0, 0.05) is 19.3 Å². The van der Waals surface area contributed by atoms with Crippen LogP contribution in [0.4, 0.5) is 0 Å². The lowest BCUT2D eigenvalue weighted by molar-refractivity contribution is -0.889. The number of unbranched alkanes of at least 4 members (excludes halogenated alkanes) is 12. The Morgan fingerprint density at radius 1 is 0.552 bits per heavy atom. The average Bonchev–Trinajstić information content (AvgIpc) is 3.18. The van der Waals surface area contributed by atoms with E-state index in [4.69, 9.17) is 14.2 Å². The lowest BCUT2D eigenvalue weighted by Crippen LogP contribution is -2.55. The van der Waals surface area contributed by atoms with Gasteiger partial charge in [0.25, 0.3) is 0 Å². The molecule has 0 aromatic carbocycles. The van der Waals surface area contributed by atoms with Crippen molar-refractivity contribution >= 4 is 17.9 Å². The summed E-state index contributed by atoms with van der Waals surface area (Å²) in [5.41, 5.74) is 0. The molecule has 0 amide bonds. The maximum Gasteiger partial charge on any atom is 0.306 e. The predicted octanol–water partition coefficient (Wildman–Crippen LogP) is 11.2. The van der Waals surface area contributed by atoms with E-state index >= 15 is 0 Å². The third-order valence-corrected chi connectivity index (χ3v) is 9.54. The van der Waals surface area contributed by atoms with E-state index in [0.29, 0.717) is 12.8 Å². The quantitative estimate of drug-likeness (QED) is 0.0200. The number of carboxylic acids is 1. The molecule has 330 valence electrons. The van der Waals surface area contributed by atoms with Gasteiger partial charge < -0.3 is 28.6 Å². The highest BCUT2D eigenvalue weighted by Gasteiger charge is 2.25. The molecule has 8 heteroatoms. The van der Waals surface area contributed by atoms with Crippen LogP contribution in [0.1, 0.15) is 162 Å². The Kier molecular flexibility index (Phi) is 37.9. The van der Waals surface area contributed by atoms with Crippen molar-refractivity contribution in [3.63, 3.8) is 0 Å². The molecule has 58 heavy (non-hydrogen) atoms. The lowest BCUT2D eigenvalue weighted by Gasteiger charge is -2.34. The van der Waals surface area contributed by atoms with Crippen molar-refractivity contribution in [2.45, 2.75) is 174 Å². The molecule has 0 bridgehead atoms. The minimum atomic E-state index is -1.14. The molecule has 0 heterocycles. The molecule has 0 radical (unpaired) electrons. The Balaban J connectivity index is 4.44. The predicted molar refractivity (Wildman–Crippen MR) is 240 cm³/mol. The lowest BCUT2D eigenvalue weighted by atomic mass is 10.1. The third-order valence-electron chi connectivity index (χ3n) is 9.54. The first-order valence-electron chi connectivity index (χ1n) is 22.6. The van der Waals surface area contributed by atoms with Crippen LogP contribution < -0.4 is 5.11 Å². The van der Waals surface area contributed by atoms with Crippen LogP contribution in [0.25, 0.3) is 0 Å². The fourth-order valence-corrected chi connectivity index (χ4v) is 6.03. The molecule has 0 aromatic heterocycles. The number of ether oxygens (including phenoxy) is 3. The molecule has 0 rings (SSSR count). The molecule has 0 N–H and O–H groups in total. The second-order valence-electron chi connectivity index (χ2n) is 15.9. The summed E-state index contributed by atoms with van der Waals surface area (Å²) in [5, 5.41) is 11.6. The molecule has 0 spiro atoms. The van der Waals surface area contributed by atoms with Gasteiger partial charge in [0.1, 0.15) is 12.6 Å². The number of allylic oxidation sites excluding steroid dienone is 14. The number of nitrogens with zero attached hydrogens (tertiary/aromatic N) is 1. The van der Waals surface area contributed by atoms with Gasteiger partial charge in [-0.3, -0.25) is 9.59 Å². The van der Waals surface area contributed by atoms with Gasteiger partial charge in [-0.1, -0.05) is 144 Å². The van der Waals surface area contributed by atoms with E-state index in [0.717, 1.165) is 89.9 Å². The van der Waals surface area contributed by atoms with E-state index < -0.39 is 18.1 Å². The molecule has 2 atom stereocenters. The van der Waals surface area contributed by atoms with Crippen LogP contribution in [0.5, 0.6) is 0 Å². The Hall–Kier alpha value is -3.49. The first kappa shape index (κ1) is 54.5. The minimum Gasteiger partial charge on any atom is -0.544 e. The van der Waals surface area contributed by atoms with E-state index in [1.807, 2.05) is 0 Å². The average molecular weight is 810 g/mol. The fourth-order valence-electron chi connectivity index (χ4n) is 6.03. The summed E-state index contributed by atoms with van der Waals surface area (Å²) in [6.45, 7) is 4.45. The molecule has 0 saturated heterocycles. The number of quaternary nitrogens is 1. The molecule has 0 aromatic rings. The molecule has 0 saturated carbocycles. The summed E-state index contributed by atoms with van der Waals surface area (Å²) in [4.78, 5) is 36.9. The third kappa shape index (κ3) is 38.1. The molecule has 0 aliphatic rings. The van der Waals surface area contributed by atoms with Crippen LogP contribution in [0.2, 0.25) is 0 Å². The van der Waals surface area contributed by atoms with Gasteiger partial charge in [-0.15, -0.1) is 0 Å². The molecule has 8 nitrogen and oxygen atoms in total. The minimum absolute atomic E-state index is 0.0183. The Labute approximate surface area is 354 Å². The number of rotatable bonds is 39. The summed E-state index contributed by atoms with van der Waals surface area (Å²) in [7, 11) is 5.38. The monoisotopic (exact) mass is 810 g/mol. The van der Waals surface area contributed by atoms with E-state index in [-0.39, 0.29) is 49.1 Å². The number of hydrogen-bond acceptors (Lipinski definition) is 7. The van der Waals surface area contributed by atoms with Crippen LogP contribution in [-0.2, 0) is 28.6 Å². The number of hydrogen-bond donors (Lipinski definition) is 0. The zero-order chi connectivity index (χ0) is 42.8. The first-order valence-corrected chi connectivity index (χ1v) is 22.6. The number of carbonyl (C=O) groups is 3. The summed E-state index contributed by atoms with van der Waals surface area (Å²) >= 11 is 0. The van der Waals surface area contributed by atoms with E-state index in [9.17, 15) is 19.5 Å². The maximum atomic E-state index is 12.7. The summed E-state index contributed by atoms with van der Waals surface area (Å²) in [6.07, 6.45) is 51.7. The van der Waals surface area contributed by atoms with E-state index in [1.54, 1.807) is 21.1 Å². The highest BCUT2D eigenvalue weighted by Crippen LogP contribution is 2.12. The summed E-state index contributed by atoms with van der Waals surface area (Å²) in [6, 6.07) is -0.738. The van der Waals surface area contributed by atoms with Crippen LogP contribution in [-0.4, -0.2) is 75.5 Å². The smallest absolute Gasteiger partial charge is 0.306 e. The molecule has 0 aliphatic carbocycles. The number of carboxylic acid groups (broad SMARTS) is 1.